The molecule has 1 nitrogen and oxygen atoms in total. The molecular formula is C14H15FINS. The molecule has 0 saturated carbocycles. The maximum Gasteiger partial charge on any atom is 0.124 e. The van der Waals surface area contributed by atoms with Gasteiger partial charge in [-0.15, -0.1) is 11.3 Å². The van der Waals surface area contributed by atoms with Crippen molar-refractivity contribution in [3.8, 4) is 0 Å². The van der Waals surface area contributed by atoms with E-state index in [2.05, 4.69) is 41.6 Å². The summed E-state index contributed by atoms with van der Waals surface area (Å²) in [6.07, 6.45) is 1.88. The molecule has 1 aromatic carbocycles. The van der Waals surface area contributed by atoms with E-state index >= 15 is 0 Å². The fourth-order valence-corrected chi connectivity index (χ4v) is 3.74. The van der Waals surface area contributed by atoms with Crippen LogP contribution in [0, 0.1) is 9.39 Å². The van der Waals surface area contributed by atoms with Crippen molar-refractivity contribution in [3.63, 3.8) is 0 Å². The van der Waals surface area contributed by atoms with Gasteiger partial charge >= 0.3 is 0 Å². The van der Waals surface area contributed by atoms with Crippen LogP contribution in [-0.4, -0.2) is 0 Å². The number of nitrogens with two attached hydrogens (primary N) is 1. The van der Waals surface area contributed by atoms with Gasteiger partial charge in [0.25, 0.3) is 0 Å². The predicted molar refractivity (Wildman–Crippen MR) is 83.4 cm³/mol. The van der Waals surface area contributed by atoms with Crippen LogP contribution in [0.15, 0.2) is 30.3 Å². The van der Waals surface area contributed by atoms with Gasteiger partial charge in [0.05, 0.1) is 0 Å². The maximum atomic E-state index is 13.0. The highest BCUT2D eigenvalue weighted by Gasteiger charge is 2.12. The molecule has 1 atom stereocenters. The molecule has 0 radical (unpaired) electrons. The van der Waals surface area contributed by atoms with Crippen LogP contribution in [0.25, 0.3) is 0 Å². The van der Waals surface area contributed by atoms with E-state index in [1.807, 2.05) is 11.3 Å². The third kappa shape index (κ3) is 3.30. The molecule has 96 valence electrons. The van der Waals surface area contributed by atoms with Gasteiger partial charge in [0.2, 0.25) is 0 Å². The summed E-state index contributed by atoms with van der Waals surface area (Å²) in [5.74, 6) is -0.209. The molecule has 0 amide bonds. The smallest absolute Gasteiger partial charge is 0.124 e. The van der Waals surface area contributed by atoms with Crippen LogP contribution >= 0.6 is 33.9 Å². The summed E-state index contributed by atoms with van der Waals surface area (Å²) in [5.41, 5.74) is 7.23. The topological polar surface area (TPSA) is 26.0 Å². The van der Waals surface area contributed by atoms with Crippen LogP contribution in [0.4, 0.5) is 4.39 Å². The van der Waals surface area contributed by atoms with Crippen molar-refractivity contribution in [3.05, 3.63) is 55.0 Å². The standard InChI is InChI=1S/C14H15FINS/c1-2-10-4-5-11(18-10)8-14(17)12-6-3-9(15)7-13(12)16/h3-7,14H,2,8,17H2,1H3. The number of aryl methyl sites for hydroxylation is 1. The second-order valence-corrected chi connectivity index (χ2v) is 6.61. The summed E-state index contributed by atoms with van der Waals surface area (Å²) in [5, 5.41) is 0. The van der Waals surface area contributed by atoms with Crippen molar-refractivity contribution in [2.24, 2.45) is 5.73 Å². The van der Waals surface area contributed by atoms with Crippen molar-refractivity contribution in [1.82, 2.24) is 0 Å². The number of thiophene rings is 1. The molecule has 0 bridgehead atoms. The third-order valence-corrected chi connectivity index (χ3v) is 5.03. The highest BCUT2D eigenvalue weighted by atomic mass is 127. The minimum atomic E-state index is -0.209. The molecule has 1 unspecified atom stereocenters. The molecule has 18 heavy (non-hydrogen) atoms. The maximum absolute atomic E-state index is 13.0. The van der Waals surface area contributed by atoms with Crippen molar-refractivity contribution >= 4 is 33.9 Å². The molecule has 4 heteroatoms. The highest BCUT2D eigenvalue weighted by molar-refractivity contribution is 14.1. The summed E-state index contributed by atoms with van der Waals surface area (Å²) in [6, 6.07) is 9.02. The molecule has 0 aliphatic rings. The first kappa shape index (κ1) is 14.0. The molecular weight excluding hydrogens is 360 g/mol. The zero-order valence-corrected chi connectivity index (χ0v) is 13.1. The van der Waals surface area contributed by atoms with E-state index in [-0.39, 0.29) is 11.9 Å². The molecule has 0 spiro atoms. The number of halogens is 2. The largest absolute Gasteiger partial charge is 0.324 e. The van der Waals surface area contributed by atoms with E-state index < -0.39 is 0 Å². The first-order chi connectivity index (χ1) is 8.60. The van der Waals surface area contributed by atoms with E-state index in [1.54, 1.807) is 6.07 Å². The van der Waals surface area contributed by atoms with Gasteiger partial charge in [0, 0.05) is 25.8 Å². The van der Waals surface area contributed by atoms with Crippen LogP contribution < -0.4 is 5.73 Å². The molecule has 2 N–H and O–H groups in total. The van der Waals surface area contributed by atoms with Gasteiger partial charge < -0.3 is 5.73 Å². The molecule has 0 fully saturated rings. The highest BCUT2D eigenvalue weighted by Crippen LogP contribution is 2.26. The van der Waals surface area contributed by atoms with Gasteiger partial charge in [0.1, 0.15) is 5.82 Å². The lowest BCUT2D eigenvalue weighted by Gasteiger charge is -2.13. The van der Waals surface area contributed by atoms with Crippen molar-refractivity contribution < 1.29 is 4.39 Å². The lowest BCUT2D eigenvalue weighted by atomic mass is 10.0. The van der Waals surface area contributed by atoms with Crippen LogP contribution in [0.5, 0.6) is 0 Å². The SMILES string of the molecule is CCc1ccc(CC(N)c2ccc(F)cc2I)s1. The molecule has 2 aromatic rings. The van der Waals surface area contributed by atoms with Crippen molar-refractivity contribution in [2.75, 3.05) is 0 Å². The monoisotopic (exact) mass is 375 g/mol. The summed E-state index contributed by atoms with van der Waals surface area (Å²) in [4.78, 5) is 2.67. The summed E-state index contributed by atoms with van der Waals surface area (Å²) < 4.78 is 13.9. The second kappa shape index (κ2) is 6.12. The molecule has 1 heterocycles. The van der Waals surface area contributed by atoms with Crippen LogP contribution in [-0.2, 0) is 12.8 Å². The number of benzene rings is 1. The Morgan fingerprint density at radius 3 is 2.61 bits per heavy atom. The Hall–Kier alpha value is -0.460. The number of hydrogen-bond acceptors (Lipinski definition) is 2. The van der Waals surface area contributed by atoms with Gasteiger partial charge in [-0.25, -0.2) is 4.39 Å². The third-order valence-electron chi connectivity index (χ3n) is 2.85. The van der Waals surface area contributed by atoms with Gasteiger partial charge in [-0.3, -0.25) is 0 Å². The van der Waals surface area contributed by atoms with Crippen LogP contribution in [0.3, 0.4) is 0 Å². The minimum absolute atomic E-state index is 0.0687. The van der Waals surface area contributed by atoms with Crippen molar-refractivity contribution in [2.45, 2.75) is 25.8 Å². The Morgan fingerprint density at radius 1 is 1.28 bits per heavy atom. The van der Waals surface area contributed by atoms with Crippen LogP contribution in [0.1, 0.15) is 28.3 Å². The lowest BCUT2D eigenvalue weighted by Crippen LogP contribution is -2.14. The fraction of sp³-hybridized carbons (Fsp3) is 0.286. The average Bonchev–Trinajstić information content (AvgIpc) is 2.76. The Kier molecular flexibility index (Phi) is 4.75. The van der Waals surface area contributed by atoms with Gasteiger partial charge in [-0.1, -0.05) is 13.0 Å². The van der Waals surface area contributed by atoms with E-state index in [4.69, 9.17) is 5.73 Å². The zero-order chi connectivity index (χ0) is 13.1. The van der Waals surface area contributed by atoms with Crippen molar-refractivity contribution in [1.29, 1.82) is 0 Å². The molecule has 2 rings (SSSR count). The van der Waals surface area contributed by atoms with E-state index in [1.165, 1.54) is 21.9 Å². The Morgan fingerprint density at radius 2 is 2.00 bits per heavy atom. The molecule has 0 saturated heterocycles. The predicted octanol–water partition coefficient (Wildman–Crippen LogP) is 4.30. The quantitative estimate of drug-likeness (QED) is 0.793. The van der Waals surface area contributed by atoms with E-state index in [0.29, 0.717) is 0 Å². The Balaban J connectivity index is 2.13. The Bertz CT molecular complexity index is 538. The summed E-state index contributed by atoms with van der Waals surface area (Å²) in [7, 11) is 0. The summed E-state index contributed by atoms with van der Waals surface area (Å²) in [6.45, 7) is 2.15. The number of rotatable bonds is 4. The zero-order valence-electron chi connectivity index (χ0n) is 10.1. The molecule has 1 aromatic heterocycles. The average molecular weight is 375 g/mol. The second-order valence-electron chi connectivity index (χ2n) is 4.20. The summed E-state index contributed by atoms with van der Waals surface area (Å²) >= 11 is 3.95. The van der Waals surface area contributed by atoms with E-state index in [9.17, 15) is 4.39 Å². The molecule has 0 aliphatic carbocycles. The van der Waals surface area contributed by atoms with E-state index in [0.717, 1.165) is 22.0 Å². The number of hydrogen-bond donors (Lipinski definition) is 1. The molecule has 0 aliphatic heterocycles. The fourth-order valence-electron chi connectivity index (χ4n) is 1.85. The van der Waals surface area contributed by atoms with Gasteiger partial charge in [-0.2, -0.15) is 0 Å². The normalized spacial score (nSPS) is 12.7. The Labute approximate surface area is 124 Å². The van der Waals surface area contributed by atoms with Gasteiger partial charge in [-0.05, 0) is 58.8 Å². The first-order valence-electron chi connectivity index (χ1n) is 5.88. The van der Waals surface area contributed by atoms with Crippen LogP contribution in [0.2, 0.25) is 0 Å². The minimum Gasteiger partial charge on any atom is -0.324 e. The first-order valence-corrected chi connectivity index (χ1v) is 7.77. The van der Waals surface area contributed by atoms with Gasteiger partial charge in [0.15, 0.2) is 0 Å². The lowest BCUT2D eigenvalue weighted by molar-refractivity contribution is 0.623.